The van der Waals surface area contributed by atoms with Crippen molar-refractivity contribution < 1.29 is 13.9 Å². The van der Waals surface area contributed by atoms with Crippen LogP contribution in [0.4, 0.5) is 20.2 Å². The molecule has 0 amide bonds. The van der Waals surface area contributed by atoms with Crippen LogP contribution in [-0.2, 0) is 13.1 Å². The van der Waals surface area contributed by atoms with E-state index in [2.05, 4.69) is 9.80 Å². The third-order valence-electron chi connectivity index (χ3n) is 8.58. The van der Waals surface area contributed by atoms with Crippen LogP contribution >= 0.6 is 0 Å². The van der Waals surface area contributed by atoms with Crippen molar-refractivity contribution in [3.63, 3.8) is 0 Å². The van der Waals surface area contributed by atoms with Crippen LogP contribution in [0.25, 0.3) is 0 Å². The highest BCUT2D eigenvalue weighted by Crippen LogP contribution is 2.48. The third-order valence-corrected chi connectivity index (χ3v) is 8.58. The van der Waals surface area contributed by atoms with E-state index in [1.54, 1.807) is 10.6 Å². The van der Waals surface area contributed by atoms with Crippen molar-refractivity contribution in [2.24, 2.45) is 0 Å². The zero-order valence-electron chi connectivity index (χ0n) is 23.1. The molecular weight excluding hydrogens is 522 g/mol. The minimum atomic E-state index is -0.259. The van der Waals surface area contributed by atoms with Gasteiger partial charge in [0.05, 0.1) is 12.7 Å². The van der Waals surface area contributed by atoms with Gasteiger partial charge in [-0.25, -0.2) is 13.6 Å². The lowest BCUT2D eigenvalue weighted by molar-refractivity contribution is 0.193. The Labute approximate surface area is 239 Å². The summed E-state index contributed by atoms with van der Waals surface area (Å²) < 4.78 is 30.9. The number of rotatable bonds is 10. The van der Waals surface area contributed by atoms with E-state index in [4.69, 9.17) is 0 Å². The molecule has 1 aromatic heterocycles. The second kappa shape index (κ2) is 11.9. The van der Waals surface area contributed by atoms with Gasteiger partial charge < -0.3 is 14.9 Å². The van der Waals surface area contributed by atoms with Gasteiger partial charge in [-0.15, -0.1) is 0 Å². The molecule has 6 rings (SSSR count). The Morgan fingerprint density at radius 1 is 0.854 bits per heavy atom. The number of piperidine rings is 1. The summed E-state index contributed by atoms with van der Waals surface area (Å²) in [6.45, 7) is 3.78. The van der Waals surface area contributed by atoms with E-state index in [1.807, 2.05) is 48.5 Å². The first kappa shape index (κ1) is 27.3. The molecule has 0 aliphatic carbocycles. The average Bonchev–Trinajstić information content (AvgIpc) is 3.44. The van der Waals surface area contributed by atoms with Crippen LogP contribution in [0.5, 0.6) is 5.88 Å². The molecule has 0 saturated carbocycles. The van der Waals surface area contributed by atoms with Crippen molar-refractivity contribution in [2.75, 3.05) is 24.5 Å². The smallest absolute Gasteiger partial charge is 0.331 e. The van der Waals surface area contributed by atoms with Crippen LogP contribution in [0.1, 0.15) is 49.1 Å². The zero-order chi connectivity index (χ0) is 28.3. The van der Waals surface area contributed by atoms with E-state index in [0.717, 1.165) is 74.2 Å². The van der Waals surface area contributed by atoms with Gasteiger partial charge in [-0.3, -0.25) is 9.13 Å². The number of aromatic nitrogens is 2. The van der Waals surface area contributed by atoms with E-state index < -0.39 is 0 Å². The second-order valence-corrected chi connectivity index (χ2v) is 11.3. The van der Waals surface area contributed by atoms with Gasteiger partial charge >= 0.3 is 5.69 Å². The number of fused-ring (bicyclic) bond motifs is 3. The first-order valence-corrected chi connectivity index (χ1v) is 14.6. The quantitative estimate of drug-likeness (QED) is 0.234. The molecule has 3 heterocycles. The molecule has 2 aliphatic rings. The molecule has 214 valence electrons. The SMILES string of the molecule is O=c1n(CCCCCCN2CC[C@@H]3[C@@H](C2)c2cc(F)ccc2N3c2ccc(F)cc2)cc(O)n1Cc1ccccc1. The summed E-state index contributed by atoms with van der Waals surface area (Å²) in [5, 5.41) is 10.3. The maximum absolute atomic E-state index is 14.3. The largest absolute Gasteiger partial charge is 0.493 e. The first-order valence-electron chi connectivity index (χ1n) is 14.6. The van der Waals surface area contributed by atoms with E-state index in [1.165, 1.54) is 29.0 Å². The predicted molar refractivity (Wildman–Crippen MR) is 157 cm³/mol. The van der Waals surface area contributed by atoms with Crippen LogP contribution in [0.3, 0.4) is 0 Å². The van der Waals surface area contributed by atoms with Gasteiger partial charge in [0.1, 0.15) is 11.6 Å². The molecule has 8 heteroatoms. The number of aromatic hydroxyl groups is 1. The van der Waals surface area contributed by atoms with Gasteiger partial charge in [-0.2, -0.15) is 0 Å². The van der Waals surface area contributed by atoms with Crippen LogP contribution < -0.4 is 10.6 Å². The van der Waals surface area contributed by atoms with Crippen LogP contribution in [0, 0.1) is 11.6 Å². The molecule has 0 bridgehead atoms. The number of imidazole rings is 1. The minimum absolute atomic E-state index is 0.00591. The normalized spacial score (nSPS) is 18.4. The molecule has 0 spiro atoms. The van der Waals surface area contributed by atoms with Gasteiger partial charge in [-0.05, 0) is 79.4 Å². The maximum Gasteiger partial charge on any atom is 0.331 e. The lowest BCUT2D eigenvalue weighted by Crippen LogP contribution is -2.45. The monoisotopic (exact) mass is 558 g/mol. The van der Waals surface area contributed by atoms with Gasteiger partial charge in [0.15, 0.2) is 0 Å². The highest BCUT2D eigenvalue weighted by atomic mass is 19.1. The van der Waals surface area contributed by atoms with E-state index in [0.29, 0.717) is 13.1 Å². The number of hydrogen-bond donors (Lipinski definition) is 1. The van der Waals surface area contributed by atoms with Crippen LogP contribution in [-0.4, -0.2) is 44.8 Å². The predicted octanol–water partition coefficient (Wildman–Crippen LogP) is 6.25. The fraction of sp³-hybridized carbons (Fsp3) is 0.364. The molecule has 1 N–H and O–H groups in total. The Morgan fingerprint density at radius 3 is 2.37 bits per heavy atom. The average molecular weight is 559 g/mol. The van der Waals surface area contributed by atoms with Gasteiger partial charge in [0, 0.05) is 43.0 Å². The lowest BCUT2D eigenvalue weighted by Gasteiger charge is -2.39. The molecule has 0 radical (unpaired) electrons. The Bertz CT molecular complexity index is 1530. The summed E-state index contributed by atoms with van der Waals surface area (Å²) >= 11 is 0. The van der Waals surface area contributed by atoms with E-state index in [-0.39, 0.29) is 35.2 Å². The molecule has 6 nitrogen and oxygen atoms in total. The number of anilines is 2. The van der Waals surface area contributed by atoms with Crippen molar-refractivity contribution in [3.05, 3.63) is 112 Å². The zero-order valence-corrected chi connectivity index (χ0v) is 23.1. The molecule has 2 atom stereocenters. The second-order valence-electron chi connectivity index (χ2n) is 11.3. The van der Waals surface area contributed by atoms with Crippen molar-refractivity contribution >= 4 is 11.4 Å². The maximum atomic E-state index is 14.3. The molecule has 2 aliphatic heterocycles. The van der Waals surface area contributed by atoms with Crippen LogP contribution in [0.15, 0.2) is 83.8 Å². The summed E-state index contributed by atoms with van der Waals surface area (Å²) in [5.41, 5.74) is 3.80. The number of likely N-dealkylation sites (tertiary alicyclic amines) is 1. The summed E-state index contributed by atoms with van der Waals surface area (Å²) in [5.74, 6) is -0.277. The molecule has 1 saturated heterocycles. The Morgan fingerprint density at radius 2 is 1.59 bits per heavy atom. The summed E-state index contributed by atoms with van der Waals surface area (Å²) in [4.78, 5) is 17.5. The Balaban J connectivity index is 0.998. The summed E-state index contributed by atoms with van der Waals surface area (Å²) in [7, 11) is 0. The highest BCUT2D eigenvalue weighted by Gasteiger charge is 2.42. The van der Waals surface area contributed by atoms with Gasteiger partial charge in [-0.1, -0.05) is 43.2 Å². The molecule has 4 aromatic rings. The Hall–Kier alpha value is -3.91. The summed E-state index contributed by atoms with van der Waals surface area (Å²) in [6.07, 6.45) is 6.49. The molecule has 41 heavy (non-hydrogen) atoms. The number of nitrogens with zero attached hydrogens (tertiary/aromatic N) is 4. The van der Waals surface area contributed by atoms with E-state index in [9.17, 15) is 18.7 Å². The molecule has 1 fully saturated rings. The topological polar surface area (TPSA) is 53.6 Å². The first-order chi connectivity index (χ1) is 20.0. The molecular formula is C33H36F2N4O2. The van der Waals surface area contributed by atoms with E-state index >= 15 is 0 Å². The molecule has 0 unspecified atom stereocenters. The van der Waals surface area contributed by atoms with Crippen molar-refractivity contribution in [2.45, 2.75) is 57.2 Å². The minimum Gasteiger partial charge on any atom is -0.493 e. The van der Waals surface area contributed by atoms with Crippen molar-refractivity contribution in [1.29, 1.82) is 0 Å². The highest BCUT2D eigenvalue weighted by molar-refractivity contribution is 5.73. The number of benzene rings is 3. The number of unbranched alkanes of at least 4 members (excludes halogenated alkanes) is 3. The van der Waals surface area contributed by atoms with Crippen molar-refractivity contribution in [3.8, 4) is 5.88 Å². The van der Waals surface area contributed by atoms with Gasteiger partial charge in [0.2, 0.25) is 5.88 Å². The van der Waals surface area contributed by atoms with Crippen molar-refractivity contribution in [1.82, 2.24) is 14.0 Å². The number of halogens is 2. The third kappa shape index (κ3) is 5.79. The lowest BCUT2D eigenvalue weighted by atomic mass is 9.88. The Kier molecular flexibility index (Phi) is 7.92. The fourth-order valence-corrected chi connectivity index (χ4v) is 6.54. The number of aryl methyl sites for hydroxylation is 1. The van der Waals surface area contributed by atoms with Gasteiger partial charge in [0.25, 0.3) is 0 Å². The number of hydrogen-bond acceptors (Lipinski definition) is 4. The van der Waals surface area contributed by atoms with Crippen LogP contribution in [0.2, 0.25) is 0 Å². The summed E-state index contributed by atoms with van der Waals surface area (Å²) in [6, 6.07) is 21.5. The molecule has 3 aromatic carbocycles. The standard InChI is InChI=1S/C33H36F2N4O2/c34-25-10-13-27(14-11-25)39-30-15-12-26(35)20-28(30)29-22-36(19-16-31(29)39)17-6-1-2-7-18-37-23-32(40)38(33(37)41)21-24-8-4-3-5-9-24/h3-5,8-15,20,23,29,31,40H,1-2,6-7,16-19,21-22H2/t29-,31+/m0/s1. The fourth-order valence-electron chi connectivity index (χ4n) is 6.54.